The number of hydrogen-bond donors (Lipinski definition) is 1. The third-order valence-corrected chi connectivity index (χ3v) is 4.41. The van der Waals surface area contributed by atoms with Gasteiger partial charge in [0.15, 0.2) is 5.65 Å². The van der Waals surface area contributed by atoms with Crippen molar-refractivity contribution in [2.75, 3.05) is 0 Å². The molecule has 0 saturated heterocycles. The number of carbonyl (C=O) groups is 1. The van der Waals surface area contributed by atoms with Gasteiger partial charge in [-0.25, -0.2) is 18.7 Å². The van der Waals surface area contributed by atoms with Crippen molar-refractivity contribution in [1.82, 2.24) is 19.4 Å². The molecule has 0 spiro atoms. The topological polar surface area (TPSA) is 68.9 Å². The van der Waals surface area contributed by atoms with Gasteiger partial charge in [-0.3, -0.25) is 9.36 Å². The Balaban J connectivity index is 1.66. The minimum atomic E-state index is -0.407. The molecule has 0 atom stereocenters. The van der Waals surface area contributed by atoms with Crippen LogP contribution in [-0.4, -0.2) is 20.0 Å². The van der Waals surface area contributed by atoms with Gasteiger partial charge in [-0.2, -0.15) is 0 Å². The number of rotatable bonds is 5. The van der Waals surface area contributed by atoms with Crippen molar-refractivity contribution in [3.63, 3.8) is 0 Å². The van der Waals surface area contributed by atoms with E-state index in [0.717, 1.165) is 5.56 Å². The van der Waals surface area contributed by atoms with Crippen molar-refractivity contribution < 1.29 is 9.18 Å². The first kappa shape index (κ1) is 17.7. The van der Waals surface area contributed by atoms with Gasteiger partial charge in [0.05, 0.1) is 11.2 Å². The Morgan fingerprint density at radius 3 is 2.50 bits per heavy atom. The summed E-state index contributed by atoms with van der Waals surface area (Å²) >= 11 is 0. The van der Waals surface area contributed by atoms with Crippen LogP contribution in [0.4, 0.5) is 4.39 Å². The zero-order valence-electron chi connectivity index (χ0n) is 14.9. The zero-order valence-corrected chi connectivity index (χ0v) is 14.9. The molecule has 0 aliphatic rings. The second kappa shape index (κ2) is 7.48. The van der Waals surface area contributed by atoms with Crippen LogP contribution in [0.25, 0.3) is 16.9 Å². The van der Waals surface area contributed by atoms with Gasteiger partial charge in [-0.05, 0) is 42.0 Å². The lowest BCUT2D eigenvalue weighted by atomic mass is 10.2. The number of pyridine rings is 1. The fraction of sp³-hybridized carbons (Fsp3) is 0.0952. The fourth-order valence-corrected chi connectivity index (χ4v) is 3.06. The van der Waals surface area contributed by atoms with E-state index in [1.165, 1.54) is 33.4 Å². The summed E-state index contributed by atoms with van der Waals surface area (Å²) in [5.41, 5.74) is 1.99. The van der Waals surface area contributed by atoms with Gasteiger partial charge in [0.25, 0.3) is 0 Å². The molecule has 4 aromatic rings. The maximum atomic E-state index is 13.3. The predicted octanol–water partition coefficient (Wildman–Crippen LogP) is 2.64. The monoisotopic (exact) mass is 376 g/mol. The van der Waals surface area contributed by atoms with Gasteiger partial charge in [0, 0.05) is 12.7 Å². The number of nitrogens with zero attached hydrogens (tertiary/aromatic N) is 3. The number of benzene rings is 2. The largest absolute Gasteiger partial charge is 0.350 e. The van der Waals surface area contributed by atoms with Crippen LogP contribution in [0, 0.1) is 5.82 Å². The van der Waals surface area contributed by atoms with E-state index in [9.17, 15) is 14.0 Å². The average molecular weight is 376 g/mol. The molecular weight excluding hydrogens is 359 g/mol. The smallest absolute Gasteiger partial charge is 0.335 e. The van der Waals surface area contributed by atoms with Crippen molar-refractivity contribution >= 4 is 17.1 Å². The summed E-state index contributed by atoms with van der Waals surface area (Å²) < 4.78 is 16.0. The maximum Gasteiger partial charge on any atom is 0.335 e. The molecule has 2 heterocycles. The highest BCUT2D eigenvalue weighted by Gasteiger charge is 2.17. The quantitative estimate of drug-likeness (QED) is 0.582. The molecular formula is C21H17FN4O2. The van der Waals surface area contributed by atoms with E-state index < -0.39 is 11.5 Å². The minimum absolute atomic E-state index is 0.137. The molecule has 0 aliphatic carbocycles. The summed E-state index contributed by atoms with van der Waals surface area (Å²) in [7, 11) is 0. The van der Waals surface area contributed by atoms with Gasteiger partial charge in [-0.15, -0.1) is 0 Å². The molecule has 4 rings (SSSR count). The molecule has 0 fully saturated rings. The molecule has 28 heavy (non-hydrogen) atoms. The van der Waals surface area contributed by atoms with Crippen molar-refractivity contribution in [3.05, 3.63) is 94.8 Å². The minimum Gasteiger partial charge on any atom is -0.350 e. The number of imidazole rings is 1. The average Bonchev–Trinajstić information content (AvgIpc) is 3.00. The van der Waals surface area contributed by atoms with Crippen LogP contribution >= 0.6 is 0 Å². The number of nitrogens with one attached hydrogen (secondary N) is 1. The Labute approximate surface area is 159 Å². The predicted molar refractivity (Wildman–Crippen MR) is 104 cm³/mol. The van der Waals surface area contributed by atoms with Crippen molar-refractivity contribution in [2.24, 2.45) is 0 Å². The Morgan fingerprint density at radius 2 is 1.75 bits per heavy atom. The molecule has 0 bridgehead atoms. The number of hydrogen-bond acceptors (Lipinski definition) is 3. The van der Waals surface area contributed by atoms with E-state index in [4.69, 9.17) is 0 Å². The molecule has 2 aromatic heterocycles. The standard InChI is InChI=1S/C21H17FN4O2/c22-16-8-10-17(11-9-16)26-20-18(7-4-12-23-20)25(21(26)28)14-19(27)24-13-15-5-2-1-3-6-15/h1-12H,13-14H2,(H,24,27). The molecule has 1 N–H and O–H groups in total. The van der Waals surface area contributed by atoms with Crippen LogP contribution in [0.1, 0.15) is 5.56 Å². The number of fused-ring (bicyclic) bond motifs is 1. The van der Waals surface area contributed by atoms with Crippen LogP contribution in [0.3, 0.4) is 0 Å². The molecule has 0 unspecified atom stereocenters. The summed E-state index contributed by atoms with van der Waals surface area (Å²) in [6, 6.07) is 18.5. The van der Waals surface area contributed by atoms with Gasteiger partial charge in [0.2, 0.25) is 5.91 Å². The highest BCUT2D eigenvalue weighted by atomic mass is 19.1. The van der Waals surface area contributed by atoms with E-state index in [1.807, 2.05) is 30.3 Å². The molecule has 140 valence electrons. The summed E-state index contributed by atoms with van der Waals surface area (Å²) in [6.45, 7) is 0.241. The molecule has 7 heteroatoms. The van der Waals surface area contributed by atoms with Crippen molar-refractivity contribution in [1.29, 1.82) is 0 Å². The summed E-state index contributed by atoms with van der Waals surface area (Å²) in [5, 5.41) is 2.82. The fourth-order valence-electron chi connectivity index (χ4n) is 3.06. The zero-order chi connectivity index (χ0) is 19.5. The molecule has 6 nitrogen and oxygen atoms in total. The molecule has 0 aliphatic heterocycles. The van der Waals surface area contributed by atoms with E-state index in [2.05, 4.69) is 10.3 Å². The lowest BCUT2D eigenvalue weighted by molar-refractivity contribution is -0.121. The molecule has 0 saturated carbocycles. The highest BCUT2D eigenvalue weighted by molar-refractivity contribution is 5.80. The Bertz CT molecular complexity index is 1180. The van der Waals surface area contributed by atoms with Crippen LogP contribution < -0.4 is 11.0 Å². The third kappa shape index (κ3) is 3.42. The van der Waals surface area contributed by atoms with Crippen LogP contribution in [-0.2, 0) is 17.9 Å². The number of amides is 1. The molecule has 1 amide bonds. The second-order valence-electron chi connectivity index (χ2n) is 6.29. The Morgan fingerprint density at radius 1 is 1.00 bits per heavy atom. The second-order valence-corrected chi connectivity index (χ2v) is 6.29. The van der Waals surface area contributed by atoms with Crippen molar-refractivity contribution in [3.8, 4) is 5.69 Å². The first-order chi connectivity index (χ1) is 13.6. The SMILES string of the molecule is O=C(Cn1c(=O)n(-c2ccc(F)cc2)c2ncccc21)NCc1ccccc1. The van der Waals surface area contributed by atoms with E-state index in [0.29, 0.717) is 23.4 Å². The third-order valence-electron chi connectivity index (χ3n) is 4.41. The first-order valence-corrected chi connectivity index (χ1v) is 8.76. The van der Waals surface area contributed by atoms with Gasteiger partial charge < -0.3 is 5.32 Å². The first-order valence-electron chi connectivity index (χ1n) is 8.76. The Hall–Kier alpha value is -3.74. The van der Waals surface area contributed by atoms with Crippen LogP contribution in [0.15, 0.2) is 77.7 Å². The van der Waals surface area contributed by atoms with Gasteiger partial charge in [0.1, 0.15) is 12.4 Å². The highest BCUT2D eigenvalue weighted by Crippen LogP contribution is 2.16. The van der Waals surface area contributed by atoms with Crippen LogP contribution in [0.5, 0.6) is 0 Å². The van der Waals surface area contributed by atoms with Gasteiger partial charge in [-0.1, -0.05) is 30.3 Å². The number of aromatic nitrogens is 3. The van der Waals surface area contributed by atoms with Gasteiger partial charge >= 0.3 is 5.69 Å². The number of carbonyl (C=O) groups excluding carboxylic acids is 1. The summed E-state index contributed by atoms with van der Waals surface area (Å²) in [6.07, 6.45) is 1.57. The Kier molecular flexibility index (Phi) is 4.72. The summed E-state index contributed by atoms with van der Waals surface area (Å²) in [4.78, 5) is 29.7. The summed E-state index contributed by atoms with van der Waals surface area (Å²) in [5.74, 6) is -0.679. The molecule has 0 radical (unpaired) electrons. The van der Waals surface area contributed by atoms with E-state index in [-0.39, 0.29) is 12.5 Å². The van der Waals surface area contributed by atoms with E-state index >= 15 is 0 Å². The van der Waals surface area contributed by atoms with Crippen molar-refractivity contribution in [2.45, 2.75) is 13.1 Å². The normalized spacial score (nSPS) is 10.9. The maximum absolute atomic E-state index is 13.3. The molecule has 2 aromatic carbocycles. The van der Waals surface area contributed by atoms with E-state index in [1.54, 1.807) is 18.3 Å². The lowest BCUT2D eigenvalue weighted by Gasteiger charge is -2.06. The lowest BCUT2D eigenvalue weighted by Crippen LogP contribution is -2.32. The number of halogens is 1. The van der Waals surface area contributed by atoms with Crippen LogP contribution in [0.2, 0.25) is 0 Å².